The van der Waals surface area contributed by atoms with Crippen LogP contribution in [0, 0.1) is 20.8 Å². The molecule has 2 atom stereocenters. The molecule has 0 aliphatic heterocycles. The Morgan fingerprint density at radius 3 is 2.60 bits per heavy atom. The van der Waals surface area contributed by atoms with Crippen molar-refractivity contribution in [2.24, 2.45) is 0 Å². The summed E-state index contributed by atoms with van der Waals surface area (Å²) < 4.78 is 23.8. The highest BCUT2D eigenvalue weighted by molar-refractivity contribution is 5.92. The average Bonchev–Trinajstić information content (AvgIpc) is 3.21. The predicted octanol–water partition coefficient (Wildman–Crippen LogP) is 5.89. The zero-order valence-electron chi connectivity index (χ0n) is 20.6. The number of rotatable bonds is 10. The van der Waals surface area contributed by atoms with E-state index < -0.39 is 5.97 Å². The molecule has 3 aromatic rings. The van der Waals surface area contributed by atoms with Crippen molar-refractivity contribution in [2.75, 3.05) is 13.2 Å². The van der Waals surface area contributed by atoms with Gasteiger partial charge in [0.25, 0.3) is 0 Å². The Morgan fingerprint density at radius 2 is 1.83 bits per heavy atom. The first-order chi connectivity index (χ1) is 16.9. The first-order valence-corrected chi connectivity index (χ1v) is 12.1. The van der Waals surface area contributed by atoms with Crippen LogP contribution in [0.15, 0.2) is 46.9 Å². The van der Waals surface area contributed by atoms with Crippen molar-refractivity contribution < 1.29 is 28.5 Å². The van der Waals surface area contributed by atoms with Gasteiger partial charge in [-0.1, -0.05) is 29.8 Å². The maximum absolute atomic E-state index is 11.5. The first kappa shape index (κ1) is 24.9. The average molecular weight is 480 g/mol. The number of oxazole rings is 1. The minimum Gasteiger partial charge on any atom is -0.490 e. The lowest BCUT2D eigenvalue weighted by Gasteiger charge is -2.29. The van der Waals surface area contributed by atoms with Gasteiger partial charge >= 0.3 is 5.97 Å². The van der Waals surface area contributed by atoms with Crippen molar-refractivity contribution in [1.29, 1.82) is 0 Å². The number of hydrogen-bond acceptors (Lipinski definition) is 6. The molecule has 4 rings (SSSR count). The van der Waals surface area contributed by atoms with E-state index in [1.54, 1.807) is 25.1 Å². The Bertz CT molecular complexity index is 1150. The quantitative estimate of drug-likeness (QED) is 0.363. The van der Waals surface area contributed by atoms with Gasteiger partial charge in [-0.25, -0.2) is 9.78 Å². The van der Waals surface area contributed by atoms with Gasteiger partial charge in [0.15, 0.2) is 0 Å². The normalized spacial score (nSPS) is 17.9. The highest BCUT2D eigenvalue weighted by atomic mass is 16.5. The Kier molecular flexibility index (Phi) is 8.21. The van der Waals surface area contributed by atoms with E-state index in [1.165, 1.54) is 0 Å². The summed E-state index contributed by atoms with van der Waals surface area (Å²) in [5.74, 6) is 0.784. The lowest BCUT2D eigenvalue weighted by molar-refractivity contribution is -0.0556. The van der Waals surface area contributed by atoms with E-state index in [9.17, 15) is 9.90 Å². The molecule has 2 aromatic carbocycles. The summed E-state index contributed by atoms with van der Waals surface area (Å²) >= 11 is 0. The number of carbonyl (C=O) groups is 1. The van der Waals surface area contributed by atoms with Crippen molar-refractivity contribution in [1.82, 2.24) is 4.98 Å². The molecule has 0 bridgehead atoms. The number of benzene rings is 2. The second-order valence-electron chi connectivity index (χ2n) is 9.09. The molecule has 7 heteroatoms. The van der Waals surface area contributed by atoms with E-state index >= 15 is 0 Å². The van der Waals surface area contributed by atoms with Crippen molar-refractivity contribution in [3.63, 3.8) is 0 Å². The van der Waals surface area contributed by atoms with Crippen LogP contribution in [-0.4, -0.2) is 41.5 Å². The fourth-order valence-electron chi connectivity index (χ4n) is 4.47. The maximum Gasteiger partial charge on any atom is 0.339 e. The van der Waals surface area contributed by atoms with Crippen LogP contribution in [0.25, 0.3) is 11.5 Å². The summed E-state index contributed by atoms with van der Waals surface area (Å²) in [4.78, 5) is 16.2. The Balaban J connectivity index is 1.24. The van der Waals surface area contributed by atoms with E-state index in [1.807, 2.05) is 32.0 Å². The van der Waals surface area contributed by atoms with Crippen molar-refractivity contribution in [3.8, 4) is 17.2 Å². The van der Waals surface area contributed by atoms with Gasteiger partial charge in [-0.05, 0) is 70.2 Å². The third-order valence-corrected chi connectivity index (χ3v) is 6.33. The third-order valence-electron chi connectivity index (χ3n) is 6.33. The third kappa shape index (κ3) is 6.50. The number of aryl methyl sites for hydroxylation is 3. The van der Waals surface area contributed by atoms with Crippen LogP contribution < -0.4 is 4.74 Å². The molecule has 35 heavy (non-hydrogen) atoms. The monoisotopic (exact) mass is 479 g/mol. The number of ether oxygens (including phenoxy) is 3. The van der Waals surface area contributed by atoms with Crippen LogP contribution >= 0.6 is 0 Å². The molecule has 0 saturated heterocycles. The SMILES string of the molecule is Cc1cccc(-c2nc(CO[C@H]3CCC[C@@H](OCCOc4cccc(C)c4C(=O)O)C3)c(C)o2)c1. The van der Waals surface area contributed by atoms with Crippen LogP contribution in [0.5, 0.6) is 5.75 Å². The molecule has 1 N–H and O–H groups in total. The molecule has 1 aliphatic rings. The molecule has 1 aliphatic carbocycles. The second-order valence-corrected chi connectivity index (χ2v) is 9.09. The summed E-state index contributed by atoms with van der Waals surface area (Å²) in [6.45, 7) is 6.83. The number of carboxylic acid groups (broad SMARTS) is 1. The molecule has 1 aromatic heterocycles. The van der Waals surface area contributed by atoms with E-state index in [0.717, 1.165) is 48.3 Å². The van der Waals surface area contributed by atoms with Crippen LogP contribution in [0.1, 0.15) is 58.6 Å². The maximum atomic E-state index is 11.5. The van der Waals surface area contributed by atoms with Crippen LogP contribution in [0.3, 0.4) is 0 Å². The van der Waals surface area contributed by atoms with Crippen LogP contribution in [0.4, 0.5) is 0 Å². The smallest absolute Gasteiger partial charge is 0.339 e. The van der Waals surface area contributed by atoms with Gasteiger partial charge in [0.2, 0.25) is 5.89 Å². The molecular weight excluding hydrogens is 446 g/mol. The molecule has 0 amide bonds. The predicted molar refractivity (Wildman–Crippen MR) is 132 cm³/mol. The highest BCUT2D eigenvalue weighted by Gasteiger charge is 2.24. The van der Waals surface area contributed by atoms with Crippen molar-refractivity contribution in [2.45, 2.75) is 65.3 Å². The first-order valence-electron chi connectivity index (χ1n) is 12.1. The minimum atomic E-state index is -0.986. The largest absolute Gasteiger partial charge is 0.490 e. The Hall–Kier alpha value is -3.16. The summed E-state index contributed by atoms with van der Waals surface area (Å²) in [6.07, 6.45) is 4.00. The number of aromatic nitrogens is 1. The van der Waals surface area contributed by atoms with Gasteiger partial charge in [0.1, 0.15) is 29.4 Å². The van der Waals surface area contributed by atoms with Gasteiger partial charge in [0, 0.05) is 5.56 Å². The standard InChI is InChI=1S/C28H33NO6/c1-18-7-4-9-21(15-18)27-29-24(20(3)35-27)17-34-23-11-6-10-22(16-23)32-13-14-33-25-12-5-8-19(2)26(25)28(30)31/h4-5,7-9,12,15,22-23H,6,10-11,13-14,16-17H2,1-3H3,(H,30,31)/t22-,23+/m1/s1. The number of hydrogen-bond donors (Lipinski definition) is 1. The number of aromatic carboxylic acids is 1. The number of carboxylic acids is 1. The van der Waals surface area contributed by atoms with E-state index in [-0.39, 0.29) is 17.8 Å². The molecule has 186 valence electrons. The molecule has 0 radical (unpaired) electrons. The summed E-state index contributed by atoms with van der Waals surface area (Å²) in [6, 6.07) is 13.3. The Morgan fingerprint density at radius 1 is 1.06 bits per heavy atom. The molecule has 1 fully saturated rings. The van der Waals surface area contributed by atoms with Gasteiger partial charge in [0.05, 0.1) is 25.4 Å². The summed E-state index contributed by atoms with van der Waals surface area (Å²) in [7, 11) is 0. The molecule has 0 unspecified atom stereocenters. The molecule has 0 spiro atoms. The summed E-state index contributed by atoms with van der Waals surface area (Å²) in [5, 5.41) is 9.42. The van der Waals surface area contributed by atoms with E-state index in [4.69, 9.17) is 18.6 Å². The number of nitrogens with zero attached hydrogens (tertiary/aromatic N) is 1. The van der Waals surface area contributed by atoms with E-state index in [2.05, 4.69) is 11.1 Å². The van der Waals surface area contributed by atoms with Crippen molar-refractivity contribution in [3.05, 3.63) is 70.6 Å². The van der Waals surface area contributed by atoms with Crippen LogP contribution in [-0.2, 0) is 16.1 Å². The Labute approximate surface area is 206 Å². The van der Waals surface area contributed by atoms with Crippen LogP contribution in [0.2, 0.25) is 0 Å². The van der Waals surface area contributed by atoms with Crippen molar-refractivity contribution >= 4 is 5.97 Å². The minimum absolute atomic E-state index is 0.0927. The fourth-order valence-corrected chi connectivity index (χ4v) is 4.47. The van der Waals surface area contributed by atoms with Gasteiger partial charge < -0.3 is 23.7 Å². The lowest BCUT2D eigenvalue weighted by atomic mass is 9.95. The molecular formula is C28H33NO6. The highest BCUT2D eigenvalue weighted by Crippen LogP contribution is 2.27. The topological polar surface area (TPSA) is 91.0 Å². The fraction of sp³-hybridized carbons (Fsp3) is 0.429. The zero-order valence-corrected chi connectivity index (χ0v) is 20.6. The lowest BCUT2D eigenvalue weighted by Crippen LogP contribution is -2.29. The molecule has 7 nitrogen and oxygen atoms in total. The molecule has 1 saturated carbocycles. The van der Waals surface area contributed by atoms with Gasteiger partial charge in [-0.3, -0.25) is 0 Å². The van der Waals surface area contributed by atoms with Gasteiger partial charge in [-0.2, -0.15) is 0 Å². The zero-order chi connectivity index (χ0) is 24.8. The summed E-state index contributed by atoms with van der Waals surface area (Å²) in [5.41, 5.74) is 3.83. The van der Waals surface area contributed by atoms with E-state index in [0.29, 0.717) is 37.0 Å². The van der Waals surface area contributed by atoms with Gasteiger partial charge in [-0.15, -0.1) is 0 Å². The molecule has 1 heterocycles. The second kappa shape index (κ2) is 11.5.